The Hall–Kier alpha value is -3.61. The van der Waals surface area contributed by atoms with E-state index in [1.807, 2.05) is 85.8 Å². The lowest BCUT2D eigenvalue weighted by atomic mass is 9.96. The van der Waals surface area contributed by atoms with E-state index in [4.69, 9.17) is 20.7 Å². The molecule has 1 aromatic heterocycles. The van der Waals surface area contributed by atoms with E-state index in [1.165, 1.54) is 0 Å². The number of hydrogen-bond acceptors (Lipinski definition) is 6. The molecule has 1 atom stereocenters. The lowest BCUT2D eigenvalue weighted by Gasteiger charge is -2.12. The first-order chi connectivity index (χ1) is 21.4. The number of oxime groups is 1. The standard InChI is InChI=1S/C35H34ClN2O4PS/c1-4-29(32(37-42-43(40)41-6-3)20-21-44-28-16-14-27(36)15-17-28)25-12-18-33-30(22-25)31-23-26(13-19-34(31)38(33)5-2)35(39)24-10-8-7-9-11-24/h4,7-19,22-23,43H,5-6,20-21H2,1-3H3/b29-4?,37-32+. The molecule has 0 aliphatic carbocycles. The molecular weight excluding hydrogens is 611 g/mol. The maximum absolute atomic E-state index is 13.3. The van der Waals surface area contributed by atoms with Crippen molar-refractivity contribution in [1.29, 1.82) is 0 Å². The summed E-state index contributed by atoms with van der Waals surface area (Å²) in [6, 6.07) is 29.3. The molecule has 0 aliphatic heterocycles. The van der Waals surface area contributed by atoms with E-state index in [-0.39, 0.29) is 12.4 Å². The minimum absolute atomic E-state index is 0.00975. The zero-order chi connectivity index (χ0) is 31.1. The van der Waals surface area contributed by atoms with Gasteiger partial charge in [-0.05, 0) is 80.9 Å². The fourth-order valence-electron chi connectivity index (χ4n) is 5.27. The van der Waals surface area contributed by atoms with Crippen LogP contribution in [0.4, 0.5) is 0 Å². The fraction of sp³-hybridized carbons (Fsp3) is 0.200. The van der Waals surface area contributed by atoms with Crippen LogP contribution < -0.4 is 0 Å². The number of allylic oxidation sites excluding steroid dienone is 2. The van der Waals surface area contributed by atoms with Gasteiger partial charge in [-0.1, -0.05) is 59.2 Å². The van der Waals surface area contributed by atoms with Gasteiger partial charge >= 0.3 is 8.25 Å². The number of aromatic nitrogens is 1. The van der Waals surface area contributed by atoms with E-state index in [9.17, 15) is 9.36 Å². The van der Waals surface area contributed by atoms with Crippen LogP contribution in [0.2, 0.25) is 5.02 Å². The molecule has 1 unspecified atom stereocenters. The first kappa shape index (κ1) is 31.8. The maximum atomic E-state index is 13.3. The van der Waals surface area contributed by atoms with E-state index < -0.39 is 8.25 Å². The smallest absolute Gasteiger partial charge is 0.341 e. The highest BCUT2D eigenvalue weighted by molar-refractivity contribution is 7.99. The molecule has 0 bridgehead atoms. The summed E-state index contributed by atoms with van der Waals surface area (Å²) in [5.41, 5.74) is 5.95. The van der Waals surface area contributed by atoms with Crippen molar-refractivity contribution in [3.8, 4) is 0 Å². The van der Waals surface area contributed by atoms with Crippen molar-refractivity contribution in [2.24, 2.45) is 5.16 Å². The molecule has 5 rings (SSSR count). The highest BCUT2D eigenvalue weighted by Gasteiger charge is 2.17. The quantitative estimate of drug-likeness (QED) is 0.0419. The summed E-state index contributed by atoms with van der Waals surface area (Å²) in [6.07, 6.45) is 2.57. The van der Waals surface area contributed by atoms with Crippen LogP contribution in [0.5, 0.6) is 0 Å². The Labute approximate surface area is 267 Å². The van der Waals surface area contributed by atoms with Crippen LogP contribution in [0.3, 0.4) is 0 Å². The summed E-state index contributed by atoms with van der Waals surface area (Å²) in [6.45, 7) is 6.90. The molecule has 0 fully saturated rings. The molecule has 0 N–H and O–H groups in total. The summed E-state index contributed by atoms with van der Waals surface area (Å²) in [5, 5.41) is 7.09. The SMILES string of the molecule is CC=C(/C(CCSc1ccc(Cl)cc1)=N/O[PH](=O)OCC)c1ccc2c(c1)c1cc(C(=O)c3ccccc3)ccc1n2CC. The fourth-order valence-corrected chi connectivity index (χ4v) is 6.73. The summed E-state index contributed by atoms with van der Waals surface area (Å²) < 4.78 is 25.0. The molecule has 0 aliphatic rings. The van der Waals surface area contributed by atoms with E-state index in [0.717, 1.165) is 50.1 Å². The molecule has 0 spiro atoms. The highest BCUT2D eigenvalue weighted by atomic mass is 35.5. The highest BCUT2D eigenvalue weighted by Crippen LogP contribution is 2.34. The summed E-state index contributed by atoms with van der Waals surface area (Å²) in [4.78, 5) is 14.4. The number of benzene rings is 4. The molecule has 6 nitrogen and oxygen atoms in total. The van der Waals surface area contributed by atoms with Crippen LogP contribution in [0.25, 0.3) is 27.4 Å². The number of halogens is 1. The first-order valence-corrected chi connectivity index (χ1v) is 17.1. The second-order valence-corrected chi connectivity index (χ2v) is 12.5. The van der Waals surface area contributed by atoms with Crippen LogP contribution >= 0.6 is 31.6 Å². The summed E-state index contributed by atoms with van der Waals surface area (Å²) >= 11 is 7.73. The van der Waals surface area contributed by atoms with Crippen LogP contribution in [0, 0.1) is 0 Å². The van der Waals surface area contributed by atoms with E-state index in [2.05, 4.69) is 34.8 Å². The predicted octanol–water partition coefficient (Wildman–Crippen LogP) is 10.1. The minimum atomic E-state index is -2.76. The number of hydrogen-bond donors (Lipinski definition) is 0. The average Bonchev–Trinajstić information content (AvgIpc) is 3.37. The van der Waals surface area contributed by atoms with Gasteiger partial charge in [0.1, 0.15) is 0 Å². The Balaban J connectivity index is 1.52. The zero-order valence-electron chi connectivity index (χ0n) is 24.9. The van der Waals surface area contributed by atoms with Crippen molar-refractivity contribution >= 4 is 70.5 Å². The Kier molecular flexibility index (Phi) is 10.8. The van der Waals surface area contributed by atoms with Gasteiger partial charge in [0, 0.05) is 67.1 Å². The van der Waals surface area contributed by atoms with Crippen molar-refractivity contribution in [2.45, 2.75) is 38.6 Å². The lowest BCUT2D eigenvalue weighted by Crippen LogP contribution is -2.05. The summed E-state index contributed by atoms with van der Waals surface area (Å²) in [5.74, 6) is 0.712. The molecule has 226 valence electrons. The Morgan fingerprint density at radius 1 is 0.909 bits per heavy atom. The summed E-state index contributed by atoms with van der Waals surface area (Å²) in [7, 11) is -2.76. The normalized spacial score (nSPS) is 13.0. The van der Waals surface area contributed by atoms with Crippen LogP contribution in [-0.2, 0) is 20.3 Å². The van der Waals surface area contributed by atoms with Crippen molar-refractivity contribution in [2.75, 3.05) is 12.4 Å². The van der Waals surface area contributed by atoms with Crippen LogP contribution in [0.1, 0.15) is 48.7 Å². The van der Waals surface area contributed by atoms with Gasteiger partial charge in [0.05, 0.1) is 12.3 Å². The van der Waals surface area contributed by atoms with Gasteiger partial charge in [-0.15, -0.1) is 11.8 Å². The van der Waals surface area contributed by atoms with Gasteiger partial charge in [-0.25, -0.2) is 4.57 Å². The van der Waals surface area contributed by atoms with Crippen LogP contribution in [0.15, 0.2) is 107 Å². The second kappa shape index (κ2) is 14.9. The van der Waals surface area contributed by atoms with Gasteiger partial charge in [-0.3, -0.25) is 4.79 Å². The molecule has 9 heteroatoms. The average molecular weight is 645 g/mol. The molecule has 1 heterocycles. The van der Waals surface area contributed by atoms with Crippen LogP contribution in [-0.4, -0.2) is 28.4 Å². The molecule has 0 saturated heterocycles. The van der Waals surface area contributed by atoms with Crippen molar-refractivity contribution in [3.63, 3.8) is 0 Å². The molecule has 4 aromatic carbocycles. The lowest BCUT2D eigenvalue weighted by molar-refractivity contribution is 0.103. The third-order valence-corrected chi connectivity index (χ3v) is 9.33. The van der Waals surface area contributed by atoms with E-state index >= 15 is 0 Å². The number of carbonyl (C=O) groups is 1. The second-order valence-electron chi connectivity index (χ2n) is 9.97. The number of ketones is 1. The number of aryl methyl sites for hydroxylation is 1. The largest absolute Gasteiger partial charge is 0.389 e. The van der Waals surface area contributed by atoms with Gasteiger partial charge in [0.25, 0.3) is 0 Å². The molecule has 0 saturated carbocycles. The third kappa shape index (κ3) is 7.19. The van der Waals surface area contributed by atoms with Gasteiger partial charge in [0.15, 0.2) is 5.78 Å². The van der Waals surface area contributed by atoms with Gasteiger partial charge in [-0.2, -0.15) is 0 Å². The molecular formula is C35H34ClN2O4PS. The molecule has 0 radical (unpaired) electrons. The number of fused-ring (bicyclic) bond motifs is 3. The predicted molar refractivity (Wildman–Crippen MR) is 185 cm³/mol. The van der Waals surface area contributed by atoms with Crippen molar-refractivity contribution < 1.29 is 18.5 Å². The minimum Gasteiger partial charge on any atom is -0.341 e. The van der Waals surface area contributed by atoms with Crippen molar-refractivity contribution in [3.05, 3.63) is 119 Å². The Bertz CT molecular complexity index is 1870. The van der Waals surface area contributed by atoms with Gasteiger partial charge in [0.2, 0.25) is 0 Å². The van der Waals surface area contributed by atoms with E-state index in [1.54, 1.807) is 18.7 Å². The molecule has 0 amide bonds. The maximum Gasteiger partial charge on any atom is 0.389 e. The number of carbonyl (C=O) groups excluding carboxylic acids is 1. The third-order valence-electron chi connectivity index (χ3n) is 7.30. The Morgan fingerprint density at radius 3 is 2.20 bits per heavy atom. The number of rotatable bonds is 13. The monoisotopic (exact) mass is 644 g/mol. The Morgan fingerprint density at radius 2 is 1.57 bits per heavy atom. The zero-order valence-corrected chi connectivity index (χ0v) is 27.5. The molecule has 5 aromatic rings. The topological polar surface area (TPSA) is 69.9 Å². The van der Waals surface area contributed by atoms with E-state index in [0.29, 0.717) is 28.3 Å². The van der Waals surface area contributed by atoms with Gasteiger partial charge < -0.3 is 13.7 Å². The first-order valence-electron chi connectivity index (χ1n) is 14.5. The van der Waals surface area contributed by atoms with Crippen molar-refractivity contribution in [1.82, 2.24) is 4.57 Å². The number of thioether (sulfide) groups is 1. The number of nitrogens with zero attached hydrogens (tertiary/aromatic N) is 2. The molecule has 44 heavy (non-hydrogen) atoms.